The Kier molecular flexibility index (Phi) is 4.89. The third kappa shape index (κ3) is 3.45. The largest absolute Gasteiger partial charge is 0.354 e. The molecule has 1 atom stereocenters. The van der Waals surface area contributed by atoms with Crippen LogP contribution in [0.1, 0.15) is 31.7 Å². The Bertz CT molecular complexity index is 712. The van der Waals surface area contributed by atoms with Crippen LogP contribution in [-0.2, 0) is 17.3 Å². The van der Waals surface area contributed by atoms with Crippen molar-refractivity contribution < 1.29 is 9.18 Å². The van der Waals surface area contributed by atoms with Gasteiger partial charge in [-0.2, -0.15) is 0 Å². The summed E-state index contributed by atoms with van der Waals surface area (Å²) in [5, 5.41) is 11.3. The van der Waals surface area contributed by atoms with E-state index in [1.165, 1.54) is 23.9 Å². The average Bonchev–Trinajstić information content (AvgIpc) is 2.92. The van der Waals surface area contributed by atoms with Gasteiger partial charge in [0.1, 0.15) is 12.1 Å². The van der Waals surface area contributed by atoms with Crippen molar-refractivity contribution in [3.8, 4) is 0 Å². The number of halogens is 1. The number of aromatic nitrogens is 3. The number of thioether (sulfide) groups is 1. The van der Waals surface area contributed by atoms with Crippen LogP contribution in [0.4, 0.5) is 4.39 Å². The van der Waals surface area contributed by atoms with Crippen LogP contribution in [0.15, 0.2) is 35.7 Å². The molecule has 0 unspecified atom stereocenters. The van der Waals surface area contributed by atoms with Crippen LogP contribution in [0.5, 0.6) is 0 Å². The summed E-state index contributed by atoms with van der Waals surface area (Å²) < 4.78 is 14.9. The molecule has 128 valence electrons. The lowest BCUT2D eigenvalue weighted by atomic mass is 9.64. The second-order valence-electron chi connectivity index (χ2n) is 6.34. The number of rotatable bonds is 6. The van der Waals surface area contributed by atoms with Gasteiger partial charge in [-0.05, 0) is 37.5 Å². The summed E-state index contributed by atoms with van der Waals surface area (Å²) in [6.07, 6.45) is 4.79. The fourth-order valence-corrected chi connectivity index (χ4v) is 3.78. The Morgan fingerprint density at radius 3 is 2.67 bits per heavy atom. The van der Waals surface area contributed by atoms with E-state index in [1.54, 1.807) is 10.9 Å². The minimum Gasteiger partial charge on any atom is -0.354 e. The van der Waals surface area contributed by atoms with Crippen molar-refractivity contribution >= 4 is 17.7 Å². The van der Waals surface area contributed by atoms with Crippen molar-refractivity contribution in [2.75, 3.05) is 6.54 Å². The smallest absolute Gasteiger partial charge is 0.233 e. The first kappa shape index (κ1) is 17.0. The Morgan fingerprint density at radius 1 is 1.42 bits per heavy atom. The molecule has 2 aromatic rings. The van der Waals surface area contributed by atoms with Crippen molar-refractivity contribution in [3.63, 3.8) is 0 Å². The van der Waals surface area contributed by atoms with Crippen LogP contribution in [0.2, 0.25) is 0 Å². The average molecular weight is 348 g/mol. The van der Waals surface area contributed by atoms with Gasteiger partial charge in [-0.3, -0.25) is 4.79 Å². The summed E-state index contributed by atoms with van der Waals surface area (Å²) in [5.41, 5.74) is 1.04. The van der Waals surface area contributed by atoms with Gasteiger partial charge in [0, 0.05) is 19.0 Å². The highest BCUT2D eigenvalue weighted by molar-refractivity contribution is 8.00. The topological polar surface area (TPSA) is 59.8 Å². The standard InChI is InChI=1S/C17H21FN4OS/c1-12(24-16-21-20-11-22(16)2)15(23)19-10-17(8-3-9-17)13-4-6-14(18)7-5-13/h4-7,11-12H,3,8-10H2,1-2H3,(H,19,23)/t12-/m0/s1. The van der Waals surface area contributed by atoms with Gasteiger partial charge in [0.15, 0.2) is 5.16 Å². The zero-order chi connectivity index (χ0) is 17.2. The van der Waals surface area contributed by atoms with Crippen molar-refractivity contribution in [1.82, 2.24) is 20.1 Å². The summed E-state index contributed by atoms with van der Waals surface area (Å²) in [7, 11) is 1.85. The van der Waals surface area contributed by atoms with Gasteiger partial charge in [0.2, 0.25) is 5.91 Å². The zero-order valence-corrected chi connectivity index (χ0v) is 14.6. The van der Waals surface area contributed by atoms with Crippen molar-refractivity contribution in [2.45, 2.75) is 42.0 Å². The van der Waals surface area contributed by atoms with E-state index in [0.717, 1.165) is 30.0 Å². The van der Waals surface area contributed by atoms with Gasteiger partial charge in [-0.15, -0.1) is 10.2 Å². The van der Waals surface area contributed by atoms with Crippen LogP contribution in [0, 0.1) is 5.82 Å². The van der Waals surface area contributed by atoms with E-state index in [0.29, 0.717) is 6.54 Å². The van der Waals surface area contributed by atoms with E-state index in [9.17, 15) is 9.18 Å². The zero-order valence-electron chi connectivity index (χ0n) is 13.8. The van der Waals surface area contributed by atoms with Crippen molar-refractivity contribution in [3.05, 3.63) is 42.0 Å². The number of carbonyl (C=O) groups is 1. The molecule has 5 nitrogen and oxygen atoms in total. The maximum absolute atomic E-state index is 13.1. The molecule has 1 aromatic carbocycles. The van der Waals surface area contributed by atoms with Crippen LogP contribution < -0.4 is 5.32 Å². The number of hydrogen-bond donors (Lipinski definition) is 1. The molecule has 24 heavy (non-hydrogen) atoms. The SMILES string of the molecule is C[C@H](Sc1nncn1C)C(=O)NCC1(c2ccc(F)cc2)CCC1. The summed E-state index contributed by atoms with van der Waals surface area (Å²) in [6.45, 7) is 2.45. The first-order chi connectivity index (χ1) is 11.5. The first-order valence-corrected chi connectivity index (χ1v) is 8.93. The summed E-state index contributed by atoms with van der Waals surface area (Å²) >= 11 is 1.39. The fourth-order valence-electron chi connectivity index (χ4n) is 2.97. The fraction of sp³-hybridized carbons (Fsp3) is 0.471. The maximum Gasteiger partial charge on any atom is 0.233 e. The van der Waals surface area contributed by atoms with Gasteiger partial charge in [0.25, 0.3) is 0 Å². The molecular formula is C17H21FN4OS. The normalized spacial score (nSPS) is 17.1. The van der Waals surface area contributed by atoms with Gasteiger partial charge >= 0.3 is 0 Å². The Hall–Kier alpha value is -1.89. The highest BCUT2D eigenvalue weighted by atomic mass is 32.2. The molecule has 0 spiro atoms. The maximum atomic E-state index is 13.1. The number of nitrogens with zero attached hydrogens (tertiary/aromatic N) is 3. The van der Waals surface area contributed by atoms with E-state index in [2.05, 4.69) is 15.5 Å². The van der Waals surface area contributed by atoms with Crippen molar-refractivity contribution in [1.29, 1.82) is 0 Å². The quantitative estimate of drug-likeness (QED) is 0.816. The van der Waals surface area contributed by atoms with Crippen LogP contribution in [0.3, 0.4) is 0 Å². The summed E-state index contributed by atoms with van der Waals surface area (Å²) in [6, 6.07) is 6.64. The number of carbonyl (C=O) groups excluding carboxylic acids is 1. The van der Waals surface area contributed by atoms with E-state index in [-0.39, 0.29) is 22.4 Å². The molecule has 0 bridgehead atoms. The highest BCUT2D eigenvalue weighted by Crippen LogP contribution is 2.43. The molecule has 1 heterocycles. The van der Waals surface area contributed by atoms with Gasteiger partial charge in [-0.1, -0.05) is 30.3 Å². The van der Waals surface area contributed by atoms with Gasteiger partial charge < -0.3 is 9.88 Å². The molecule has 1 amide bonds. The number of hydrogen-bond acceptors (Lipinski definition) is 4. The van der Waals surface area contributed by atoms with E-state index < -0.39 is 0 Å². The second-order valence-corrected chi connectivity index (χ2v) is 7.65. The molecular weight excluding hydrogens is 327 g/mol. The summed E-state index contributed by atoms with van der Waals surface area (Å²) in [4.78, 5) is 12.4. The molecule has 1 aromatic heterocycles. The Labute approximate surface area is 145 Å². The molecule has 0 aliphatic heterocycles. The molecule has 1 fully saturated rings. The number of aryl methyl sites for hydroxylation is 1. The Balaban J connectivity index is 1.60. The molecule has 0 radical (unpaired) electrons. The summed E-state index contributed by atoms with van der Waals surface area (Å²) in [5.74, 6) is -0.248. The van der Waals surface area contributed by atoms with Crippen LogP contribution in [-0.4, -0.2) is 32.5 Å². The molecule has 3 rings (SSSR count). The van der Waals surface area contributed by atoms with Gasteiger partial charge in [-0.25, -0.2) is 4.39 Å². The first-order valence-electron chi connectivity index (χ1n) is 8.05. The predicted molar refractivity (Wildman–Crippen MR) is 91.3 cm³/mol. The Morgan fingerprint density at radius 2 is 2.12 bits per heavy atom. The third-order valence-electron chi connectivity index (χ3n) is 4.69. The van der Waals surface area contributed by atoms with Crippen molar-refractivity contribution in [2.24, 2.45) is 7.05 Å². The molecule has 1 aliphatic rings. The van der Waals surface area contributed by atoms with E-state index >= 15 is 0 Å². The second kappa shape index (κ2) is 6.93. The van der Waals surface area contributed by atoms with E-state index in [1.807, 2.05) is 26.1 Å². The van der Waals surface area contributed by atoms with Gasteiger partial charge in [0.05, 0.1) is 5.25 Å². The minimum absolute atomic E-state index is 0.0172. The lowest BCUT2D eigenvalue weighted by Gasteiger charge is -2.42. The molecule has 1 aliphatic carbocycles. The highest BCUT2D eigenvalue weighted by Gasteiger charge is 2.39. The minimum atomic E-state index is -0.252. The monoisotopic (exact) mass is 348 g/mol. The van der Waals surface area contributed by atoms with Crippen LogP contribution >= 0.6 is 11.8 Å². The number of amides is 1. The number of nitrogens with one attached hydrogen (secondary N) is 1. The lowest BCUT2D eigenvalue weighted by Crippen LogP contribution is -2.47. The molecule has 0 saturated heterocycles. The van der Waals surface area contributed by atoms with Crippen LogP contribution in [0.25, 0.3) is 0 Å². The lowest BCUT2D eigenvalue weighted by molar-refractivity contribution is -0.120. The van der Waals surface area contributed by atoms with E-state index in [4.69, 9.17) is 0 Å². The molecule has 7 heteroatoms. The molecule has 1 saturated carbocycles. The number of benzene rings is 1. The predicted octanol–water partition coefficient (Wildman–Crippen LogP) is 2.67. The third-order valence-corrected chi connectivity index (χ3v) is 5.84. The molecule has 1 N–H and O–H groups in total.